The van der Waals surface area contributed by atoms with Gasteiger partial charge >= 0.3 is 0 Å². The third-order valence-electron chi connectivity index (χ3n) is 4.70. The molecule has 2 aromatic heterocycles. The molecular formula is C18H19ClN4S. The standard InChI is InChI=1S/C18H19ClN4S/c1-12-13(2)24-18-16(12)17(20-11-21-18)23-8-6-22(7-9-23)15-5-3-4-14(19)10-15/h3-5,10-11H,6-9H2,1-2H3. The molecule has 1 aromatic carbocycles. The van der Waals surface area contributed by atoms with Gasteiger partial charge in [0, 0.05) is 41.8 Å². The predicted octanol–water partition coefficient (Wildman–Crippen LogP) is 4.29. The van der Waals surface area contributed by atoms with E-state index in [0.717, 1.165) is 41.8 Å². The number of nitrogens with zero attached hydrogens (tertiary/aromatic N) is 4. The lowest BCUT2D eigenvalue weighted by molar-refractivity contribution is 0.649. The second-order valence-corrected chi connectivity index (χ2v) is 7.75. The van der Waals surface area contributed by atoms with Gasteiger partial charge in [-0.2, -0.15) is 0 Å². The fraction of sp³-hybridized carbons (Fsp3) is 0.333. The molecule has 0 radical (unpaired) electrons. The van der Waals surface area contributed by atoms with Crippen LogP contribution in [-0.2, 0) is 0 Å². The van der Waals surface area contributed by atoms with E-state index in [-0.39, 0.29) is 0 Å². The van der Waals surface area contributed by atoms with Crippen molar-refractivity contribution < 1.29 is 0 Å². The molecule has 0 spiro atoms. The quantitative estimate of drug-likeness (QED) is 0.684. The van der Waals surface area contributed by atoms with Gasteiger partial charge in [0.25, 0.3) is 0 Å². The van der Waals surface area contributed by atoms with Crippen molar-refractivity contribution in [3.63, 3.8) is 0 Å². The summed E-state index contributed by atoms with van der Waals surface area (Å²) < 4.78 is 0. The number of fused-ring (bicyclic) bond motifs is 1. The summed E-state index contributed by atoms with van der Waals surface area (Å²) in [6.07, 6.45) is 1.69. The normalized spacial score (nSPS) is 15.3. The molecule has 0 aliphatic carbocycles. The molecule has 1 aliphatic rings. The van der Waals surface area contributed by atoms with Crippen molar-refractivity contribution >= 4 is 44.7 Å². The highest BCUT2D eigenvalue weighted by Crippen LogP contribution is 2.34. The molecule has 24 heavy (non-hydrogen) atoms. The SMILES string of the molecule is Cc1sc2ncnc(N3CCN(c4cccc(Cl)c4)CC3)c2c1C. The number of aryl methyl sites for hydroxylation is 2. The number of thiophene rings is 1. The zero-order chi connectivity index (χ0) is 16.7. The van der Waals surface area contributed by atoms with Crippen LogP contribution in [0.4, 0.5) is 11.5 Å². The minimum absolute atomic E-state index is 0.789. The third-order valence-corrected chi connectivity index (χ3v) is 6.05. The van der Waals surface area contributed by atoms with E-state index in [2.05, 4.69) is 39.7 Å². The van der Waals surface area contributed by atoms with Crippen LogP contribution >= 0.6 is 22.9 Å². The number of hydrogen-bond acceptors (Lipinski definition) is 5. The van der Waals surface area contributed by atoms with E-state index in [9.17, 15) is 0 Å². The van der Waals surface area contributed by atoms with Crippen LogP contribution < -0.4 is 9.80 Å². The minimum Gasteiger partial charge on any atom is -0.368 e. The molecule has 0 amide bonds. The second kappa shape index (κ2) is 6.22. The van der Waals surface area contributed by atoms with Gasteiger partial charge in [-0.15, -0.1) is 11.3 Å². The number of benzene rings is 1. The first-order valence-electron chi connectivity index (χ1n) is 8.09. The van der Waals surface area contributed by atoms with Crippen molar-refractivity contribution in [2.45, 2.75) is 13.8 Å². The van der Waals surface area contributed by atoms with Crippen molar-refractivity contribution in [2.75, 3.05) is 36.0 Å². The Bertz CT molecular complexity index is 884. The minimum atomic E-state index is 0.789. The first-order chi connectivity index (χ1) is 11.6. The number of aromatic nitrogens is 2. The summed E-state index contributed by atoms with van der Waals surface area (Å²) in [4.78, 5) is 16.2. The lowest BCUT2D eigenvalue weighted by Gasteiger charge is -2.37. The molecule has 3 aromatic rings. The molecule has 124 valence electrons. The Hall–Kier alpha value is -1.85. The molecule has 1 saturated heterocycles. The topological polar surface area (TPSA) is 32.3 Å². The molecule has 4 rings (SSSR count). The van der Waals surface area contributed by atoms with E-state index >= 15 is 0 Å². The molecule has 1 fully saturated rings. The van der Waals surface area contributed by atoms with E-state index in [0.29, 0.717) is 0 Å². The van der Waals surface area contributed by atoms with Crippen LogP contribution in [0.15, 0.2) is 30.6 Å². The van der Waals surface area contributed by atoms with Gasteiger partial charge in [-0.05, 0) is 37.6 Å². The van der Waals surface area contributed by atoms with E-state index in [1.165, 1.54) is 21.5 Å². The number of rotatable bonds is 2. The van der Waals surface area contributed by atoms with Crippen LogP contribution in [0.2, 0.25) is 5.02 Å². The molecule has 0 N–H and O–H groups in total. The molecule has 0 saturated carbocycles. The molecule has 0 unspecified atom stereocenters. The average molecular weight is 359 g/mol. The summed E-state index contributed by atoms with van der Waals surface area (Å²) in [5.41, 5.74) is 2.50. The number of piperazine rings is 1. The van der Waals surface area contributed by atoms with E-state index in [1.54, 1.807) is 17.7 Å². The fourth-order valence-corrected chi connectivity index (χ4v) is 4.43. The van der Waals surface area contributed by atoms with Gasteiger partial charge in [-0.1, -0.05) is 17.7 Å². The summed E-state index contributed by atoms with van der Waals surface area (Å²) in [7, 11) is 0. The lowest BCUT2D eigenvalue weighted by Crippen LogP contribution is -2.46. The van der Waals surface area contributed by atoms with Gasteiger partial charge in [0.2, 0.25) is 0 Å². The van der Waals surface area contributed by atoms with Crippen LogP contribution in [0.25, 0.3) is 10.2 Å². The Balaban J connectivity index is 1.58. The Morgan fingerprint density at radius 2 is 1.79 bits per heavy atom. The molecular weight excluding hydrogens is 340 g/mol. The van der Waals surface area contributed by atoms with Crippen LogP contribution in [0, 0.1) is 13.8 Å². The van der Waals surface area contributed by atoms with Gasteiger partial charge in [0.15, 0.2) is 0 Å². The highest BCUT2D eigenvalue weighted by atomic mass is 35.5. The van der Waals surface area contributed by atoms with Crippen LogP contribution in [0.1, 0.15) is 10.4 Å². The van der Waals surface area contributed by atoms with E-state index < -0.39 is 0 Å². The first kappa shape index (κ1) is 15.7. The van der Waals surface area contributed by atoms with Crippen molar-refractivity contribution in [1.29, 1.82) is 0 Å². The number of hydrogen-bond donors (Lipinski definition) is 0. The van der Waals surface area contributed by atoms with Gasteiger partial charge in [-0.3, -0.25) is 0 Å². The number of anilines is 2. The fourth-order valence-electron chi connectivity index (χ4n) is 3.25. The van der Waals surface area contributed by atoms with Gasteiger partial charge in [0.1, 0.15) is 17.0 Å². The molecule has 6 heteroatoms. The monoisotopic (exact) mass is 358 g/mol. The van der Waals surface area contributed by atoms with Gasteiger partial charge in [-0.25, -0.2) is 9.97 Å². The summed E-state index contributed by atoms with van der Waals surface area (Å²) in [6, 6.07) is 8.08. The maximum absolute atomic E-state index is 6.12. The average Bonchev–Trinajstić information content (AvgIpc) is 2.90. The van der Waals surface area contributed by atoms with Crippen molar-refractivity contribution in [3.8, 4) is 0 Å². The summed E-state index contributed by atoms with van der Waals surface area (Å²) in [5, 5.41) is 2.01. The van der Waals surface area contributed by atoms with Crippen LogP contribution in [-0.4, -0.2) is 36.1 Å². The molecule has 0 atom stereocenters. The Kier molecular flexibility index (Phi) is 4.06. The van der Waals surface area contributed by atoms with Crippen molar-refractivity contribution in [3.05, 3.63) is 46.1 Å². The zero-order valence-corrected chi connectivity index (χ0v) is 15.4. The largest absolute Gasteiger partial charge is 0.368 e. The Morgan fingerprint density at radius 3 is 2.54 bits per heavy atom. The Morgan fingerprint density at radius 1 is 1.04 bits per heavy atom. The lowest BCUT2D eigenvalue weighted by atomic mass is 10.2. The smallest absolute Gasteiger partial charge is 0.141 e. The summed E-state index contributed by atoms with van der Waals surface area (Å²) >= 11 is 7.87. The first-order valence-corrected chi connectivity index (χ1v) is 9.29. The Labute approximate surface area is 150 Å². The molecule has 1 aliphatic heterocycles. The highest BCUT2D eigenvalue weighted by Gasteiger charge is 2.22. The summed E-state index contributed by atoms with van der Waals surface area (Å²) in [6.45, 7) is 8.16. The molecule has 3 heterocycles. The maximum Gasteiger partial charge on any atom is 0.141 e. The highest BCUT2D eigenvalue weighted by molar-refractivity contribution is 7.18. The van der Waals surface area contributed by atoms with E-state index in [4.69, 9.17) is 11.6 Å². The third kappa shape index (κ3) is 2.72. The van der Waals surface area contributed by atoms with Crippen LogP contribution in [0.5, 0.6) is 0 Å². The van der Waals surface area contributed by atoms with Gasteiger partial charge < -0.3 is 9.80 Å². The molecule has 0 bridgehead atoms. The predicted molar refractivity (Wildman–Crippen MR) is 103 cm³/mol. The zero-order valence-electron chi connectivity index (χ0n) is 13.8. The van der Waals surface area contributed by atoms with Crippen molar-refractivity contribution in [2.24, 2.45) is 0 Å². The van der Waals surface area contributed by atoms with Crippen LogP contribution in [0.3, 0.4) is 0 Å². The van der Waals surface area contributed by atoms with E-state index in [1.807, 2.05) is 18.2 Å². The van der Waals surface area contributed by atoms with Gasteiger partial charge in [0.05, 0.1) is 5.39 Å². The molecule has 4 nitrogen and oxygen atoms in total. The number of halogens is 1. The second-order valence-electron chi connectivity index (χ2n) is 6.11. The maximum atomic E-state index is 6.12. The van der Waals surface area contributed by atoms with Crippen molar-refractivity contribution in [1.82, 2.24) is 9.97 Å². The summed E-state index contributed by atoms with van der Waals surface area (Å²) in [5.74, 6) is 1.08.